The summed E-state index contributed by atoms with van der Waals surface area (Å²) in [6.07, 6.45) is 1.83. The van der Waals surface area contributed by atoms with Crippen molar-refractivity contribution in [3.8, 4) is 0 Å². The quantitative estimate of drug-likeness (QED) is 0.857. The van der Waals surface area contributed by atoms with Crippen LogP contribution in [0.25, 0.3) is 0 Å². The molecule has 0 saturated heterocycles. The number of nitrogens with one attached hydrogen (secondary N) is 1. The Hall–Kier alpha value is -1.06. The third kappa shape index (κ3) is 2.99. The largest absolute Gasteiger partial charge is 0.339 e. The Morgan fingerprint density at radius 3 is 2.71 bits per heavy atom. The van der Waals surface area contributed by atoms with E-state index in [1.54, 1.807) is 0 Å². The molecule has 0 aliphatic rings. The van der Waals surface area contributed by atoms with Gasteiger partial charge in [0.05, 0.1) is 4.47 Å². The van der Waals surface area contributed by atoms with Crippen LogP contribution in [0.1, 0.15) is 11.1 Å². The molecule has 1 N–H and O–H groups in total. The van der Waals surface area contributed by atoms with Crippen LogP contribution >= 0.6 is 27.5 Å². The Morgan fingerprint density at radius 1 is 1.24 bits per heavy atom. The van der Waals surface area contributed by atoms with E-state index in [1.807, 2.05) is 44.3 Å². The van der Waals surface area contributed by atoms with Crippen LogP contribution in [-0.2, 0) is 0 Å². The molecule has 2 aromatic rings. The van der Waals surface area contributed by atoms with Crippen LogP contribution in [0.5, 0.6) is 0 Å². The van der Waals surface area contributed by atoms with Gasteiger partial charge in [0, 0.05) is 16.9 Å². The lowest BCUT2D eigenvalue weighted by Gasteiger charge is -2.11. The minimum atomic E-state index is 0.710. The summed E-state index contributed by atoms with van der Waals surface area (Å²) in [7, 11) is 0. The standard InChI is InChI=1S/C13H12BrClN2/c1-8-5-11(14)13(16-7-8)17-12-6-10(15)4-3-9(12)2/h3-7H,1-2H3,(H,16,17). The second kappa shape index (κ2) is 5.07. The number of benzene rings is 1. The first-order chi connectivity index (χ1) is 8.06. The molecule has 0 aliphatic carbocycles. The van der Waals surface area contributed by atoms with Gasteiger partial charge in [-0.15, -0.1) is 0 Å². The predicted octanol–water partition coefficient (Wildman–Crippen LogP) is 4.86. The number of rotatable bonds is 2. The molecular weight excluding hydrogens is 300 g/mol. The van der Waals surface area contributed by atoms with E-state index in [4.69, 9.17) is 11.6 Å². The molecule has 88 valence electrons. The SMILES string of the molecule is Cc1cnc(Nc2cc(Cl)ccc2C)c(Br)c1. The molecule has 0 aliphatic heterocycles. The van der Waals surface area contributed by atoms with Crippen LogP contribution in [0.2, 0.25) is 5.02 Å². The van der Waals surface area contributed by atoms with Gasteiger partial charge in [0.2, 0.25) is 0 Å². The smallest absolute Gasteiger partial charge is 0.144 e. The van der Waals surface area contributed by atoms with E-state index >= 15 is 0 Å². The molecule has 1 aromatic carbocycles. The van der Waals surface area contributed by atoms with Crippen molar-refractivity contribution in [1.82, 2.24) is 4.98 Å². The van der Waals surface area contributed by atoms with Crippen molar-refractivity contribution < 1.29 is 0 Å². The minimum Gasteiger partial charge on any atom is -0.339 e. The van der Waals surface area contributed by atoms with Crippen molar-refractivity contribution in [2.45, 2.75) is 13.8 Å². The Labute approximate surface area is 114 Å². The molecule has 0 spiro atoms. The highest BCUT2D eigenvalue weighted by Crippen LogP contribution is 2.27. The van der Waals surface area contributed by atoms with Crippen LogP contribution in [0.4, 0.5) is 11.5 Å². The first-order valence-corrected chi connectivity index (χ1v) is 6.38. The lowest BCUT2D eigenvalue weighted by Crippen LogP contribution is -1.97. The number of hydrogen-bond acceptors (Lipinski definition) is 2. The fourth-order valence-corrected chi connectivity index (χ4v) is 2.22. The molecule has 1 heterocycles. The Bertz CT molecular complexity index is 555. The van der Waals surface area contributed by atoms with Gasteiger partial charge in [-0.05, 0) is 59.1 Å². The average molecular weight is 312 g/mol. The molecule has 17 heavy (non-hydrogen) atoms. The zero-order valence-corrected chi connectivity index (χ0v) is 11.9. The summed E-state index contributed by atoms with van der Waals surface area (Å²) in [5, 5.41) is 3.98. The second-order valence-corrected chi connectivity index (χ2v) is 5.22. The summed E-state index contributed by atoms with van der Waals surface area (Å²) in [6.45, 7) is 4.03. The molecule has 0 unspecified atom stereocenters. The molecule has 4 heteroatoms. The number of hydrogen-bond donors (Lipinski definition) is 1. The molecule has 2 nitrogen and oxygen atoms in total. The number of anilines is 2. The highest BCUT2D eigenvalue weighted by molar-refractivity contribution is 9.10. The number of pyridine rings is 1. The van der Waals surface area contributed by atoms with Crippen LogP contribution in [0.15, 0.2) is 34.9 Å². The Kier molecular flexibility index (Phi) is 3.69. The van der Waals surface area contributed by atoms with E-state index in [0.717, 1.165) is 27.1 Å². The molecule has 2 rings (SSSR count). The van der Waals surface area contributed by atoms with Gasteiger partial charge in [-0.2, -0.15) is 0 Å². The third-order valence-corrected chi connectivity index (χ3v) is 3.27. The topological polar surface area (TPSA) is 24.9 Å². The number of halogens is 2. The molecule has 0 amide bonds. The van der Waals surface area contributed by atoms with Gasteiger partial charge in [0.25, 0.3) is 0 Å². The van der Waals surface area contributed by atoms with E-state index in [9.17, 15) is 0 Å². The minimum absolute atomic E-state index is 0.710. The Morgan fingerprint density at radius 2 is 2.00 bits per heavy atom. The first-order valence-electron chi connectivity index (χ1n) is 5.21. The van der Waals surface area contributed by atoms with Crippen molar-refractivity contribution in [1.29, 1.82) is 0 Å². The molecule has 0 radical (unpaired) electrons. The number of nitrogens with zero attached hydrogens (tertiary/aromatic N) is 1. The van der Waals surface area contributed by atoms with Crippen molar-refractivity contribution in [3.63, 3.8) is 0 Å². The molecule has 0 atom stereocenters. The van der Waals surface area contributed by atoms with Crippen molar-refractivity contribution in [2.24, 2.45) is 0 Å². The molecule has 0 saturated carbocycles. The summed E-state index contributed by atoms with van der Waals surface area (Å²) < 4.78 is 0.942. The maximum absolute atomic E-state index is 5.98. The average Bonchev–Trinajstić information content (AvgIpc) is 2.27. The van der Waals surface area contributed by atoms with Crippen LogP contribution < -0.4 is 5.32 Å². The highest BCUT2D eigenvalue weighted by Gasteiger charge is 2.04. The number of aryl methyl sites for hydroxylation is 2. The van der Waals surface area contributed by atoms with Crippen molar-refractivity contribution in [3.05, 3.63) is 51.1 Å². The van der Waals surface area contributed by atoms with E-state index in [-0.39, 0.29) is 0 Å². The van der Waals surface area contributed by atoms with Gasteiger partial charge < -0.3 is 5.32 Å². The van der Waals surface area contributed by atoms with Crippen LogP contribution in [0.3, 0.4) is 0 Å². The summed E-state index contributed by atoms with van der Waals surface area (Å²) in [4.78, 5) is 4.34. The summed E-state index contributed by atoms with van der Waals surface area (Å²) in [5.41, 5.74) is 3.21. The van der Waals surface area contributed by atoms with Gasteiger partial charge in [0.15, 0.2) is 0 Å². The zero-order valence-electron chi connectivity index (χ0n) is 9.59. The van der Waals surface area contributed by atoms with E-state index in [2.05, 4.69) is 26.2 Å². The van der Waals surface area contributed by atoms with Gasteiger partial charge in [-0.1, -0.05) is 17.7 Å². The maximum Gasteiger partial charge on any atom is 0.144 e. The van der Waals surface area contributed by atoms with Gasteiger partial charge in [-0.25, -0.2) is 4.98 Å². The van der Waals surface area contributed by atoms with Gasteiger partial charge in [0.1, 0.15) is 5.82 Å². The fraction of sp³-hybridized carbons (Fsp3) is 0.154. The van der Waals surface area contributed by atoms with Gasteiger partial charge >= 0.3 is 0 Å². The number of aromatic nitrogens is 1. The normalized spacial score (nSPS) is 10.4. The lowest BCUT2D eigenvalue weighted by molar-refractivity contribution is 1.24. The molecular formula is C13H12BrClN2. The van der Waals surface area contributed by atoms with Crippen LogP contribution in [0, 0.1) is 13.8 Å². The van der Waals surface area contributed by atoms with Crippen molar-refractivity contribution >= 4 is 39.0 Å². The third-order valence-electron chi connectivity index (χ3n) is 2.43. The van der Waals surface area contributed by atoms with E-state index in [1.165, 1.54) is 0 Å². The van der Waals surface area contributed by atoms with E-state index < -0.39 is 0 Å². The van der Waals surface area contributed by atoms with E-state index in [0.29, 0.717) is 5.02 Å². The first kappa shape index (κ1) is 12.4. The molecule has 1 aromatic heterocycles. The predicted molar refractivity (Wildman–Crippen MR) is 76.1 cm³/mol. The fourth-order valence-electron chi connectivity index (χ4n) is 1.48. The van der Waals surface area contributed by atoms with Gasteiger partial charge in [-0.3, -0.25) is 0 Å². The molecule has 0 bridgehead atoms. The molecule has 0 fully saturated rings. The maximum atomic E-state index is 5.98. The summed E-state index contributed by atoms with van der Waals surface area (Å²) in [6, 6.07) is 7.77. The Balaban J connectivity index is 2.34. The second-order valence-electron chi connectivity index (χ2n) is 3.93. The lowest BCUT2D eigenvalue weighted by atomic mass is 10.2. The van der Waals surface area contributed by atoms with Crippen LogP contribution in [-0.4, -0.2) is 4.98 Å². The highest BCUT2D eigenvalue weighted by atomic mass is 79.9. The monoisotopic (exact) mass is 310 g/mol. The summed E-state index contributed by atoms with van der Waals surface area (Å²) >= 11 is 9.47. The van der Waals surface area contributed by atoms with Crippen molar-refractivity contribution in [2.75, 3.05) is 5.32 Å². The zero-order chi connectivity index (χ0) is 12.4. The summed E-state index contributed by atoms with van der Waals surface area (Å²) in [5.74, 6) is 0.793.